The first-order valence-corrected chi connectivity index (χ1v) is 6.70. The van der Waals surface area contributed by atoms with Crippen molar-refractivity contribution >= 4 is 5.91 Å². The van der Waals surface area contributed by atoms with Crippen molar-refractivity contribution in [1.29, 1.82) is 0 Å². The van der Waals surface area contributed by atoms with Gasteiger partial charge in [0, 0.05) is 19.2 Å². The SMILES string of the molecule is COc1ccc(C(O)C(=O)N2Cc3cnn(C)c3C2)cc1. The van der Waals surface area contributed by atoms with Gasteiger partial charge in [-0.1, -0.05) is 12.1 Å². The van der Waals surface area contributed by atoms with E-state index in [4.69, 9.17) is 4.74 Å². The van der Waals surface area contributed by atoms with Crippen LogP contribution in [0, 0.1) is 0 Å². The number of ether oxygens (including phenoxy) is 1. The average Bonchev–Trinajstić information content (AvgIpc) is 3.08. The van der Waals surface area contributed by atoms with Crippen LogP contribution in [0.15, 0.2) is 30.5 Å². The first-order valence-electron chi connectivity index (χ1n) is 6.70. The summed E-state index contributed by atoms with van der Waals surface area (Å²) in [6, 6.07) is 6.86. The Balaban J connectivity index is 1.73. The van der Waals surface area contributed by atoms with Gasteiger partial charge in [-0.3, -0.25) is 9.48 Å². The number of amides is 1. The second-order valence-electron chi connectivity index (χ2n) is 5.11. The number of rotatable bonds is 3. The molecule has 1 aliphatic rings. The molecule has 2 aromatic rings. The summed E-state index contributed by atoms with van der Waals surface area (Å²) in [6.45, 7) is 0.979. The van der Waals surface area contributed by atoms with Gasteiger partial charge in [0.05, 0.1) is 25.5 Å². The number of aliphatic hydroxyl groups excluding tert-OH is 1. The minimum atomic E-state index is -1.15. The van der Waals surface area contributed by atoms with E-state index >= 15 is 0 Å². The van der Waals surface area contributed by atoms with E-state index in [-0.39, 0.29) is 5.91 Å². The topological polar surface area (TPSA) is 67.6 Å². The summed E-state index contributed by atoms with van der Waals surface area (Å²) in [4.78, 5) is 14.0. The number of benzene rings is 1. The van der Waals surface area contributed by atoms with E-state index in [0.717, 1.165) is 11.3 Å². The number of carbonyl (C=O) groups is 1. The number of hydrogen-bond acceptors (Lipinski definition) is 4. The van der Waals surface area contributed by atoms with Crippen molar-refractivity contribution in [2.24, 2.45) is 7.05 Å². The quantitative estimate of drug-likeness (QED) is 0.914. The van der Waals surface area contributed by atoms with Crippen molar-refractivity contribution in [2.75, 3.05) is 7.11 Å². The third-order valence-corrected chi connectivity index (χ3v) is 3.83. The molecular weight excluding hydrogens is 270 g/mol. The van der Waals surface area contributed by atoms with Crippen molar-refractivity contribution in [3.8, 4) is 5.75 Å². The Labute approximate surface area is 122 Å². The van der Waals surface area contributed by atoms with E-state index in [0.29, 0.717) is 24.4 Å². The molecular formula is C15H17N3O3. The minimum Gasteiger partial charge on any atom is -0.497 e. The standard InChI is InChI=1S/C15H17N3O3/c1-17-13-9-18(8-11(13)7-16-17)15(20)14(19)10-3-5-12(21-2)6-4-10/h3-7,14,19H,8-9H2,1-2H3. The lowest BCUT2D eigenvalue weighted by atomic mass is 10.1. The van der Waals surface area contributed by atoms with Crippen LogP contribution in [-0.2, 0) is 24.9 Å². The third-order valence-electron chi connectivity index (χ3n) is 3.83. The largest absolute Gasteiger partial charge is 0.497 e. The number of fused-ring (bicyclic) bond motifs is 1. The zero-order valence-electron chi connectivity index (χ0n) is 12.0. The highest BCUT2D eigenvalue weighted by atomic mass is 16.5. The van der Waals surface area contributed by atoms with Gasteiger partial charge in [-0.05, 0) is 17.7 Å². The first-order chi connectivity index (χ1) is 10.1. The fourth-order valence-electron chi connectivity index (χ4n) is 2.54. The van der Waals surface area contributed by atoms with Crippen LogP contribution in [0.4, 0.5) is 0 Å². The van der Waals surface area contributed by atoms with Crippen LogP contribution in [0.25, 0.3) is 0 Å². The maximum absolute atomic E-state index is 12.4. The Morgan fingerprint density at radius 3 is 2.67 bits per heavy atom. The Bertz CT molecular complexity index is 663. The lowest BCUT2D eigenvalue weighted by molar-refractivity contribution is -0.141. The van der Waals surface area contributed by atoms with Gasteiger partial charge in [-0.25, -0.2) is 0 Å². The lowest BCUT2D eigenvalue weighted by Gasteiger charge is -2.20. The molecule has 0 fully saturated rings. The second kappa shape index (κ2) is 5.21. The predicted molar refractivity (Wildman–Crippen MR) is 75.4 cm³/mol. The molecule has 1 aromatic heterocycles. The summed E-state index contributed by atoms with van der Waals surface area (Å²) in [5, 5.41) is 14.4. The van der Waals surface area contributed by atoms with Gasteiger partial charge < -0.3 is 14.7 Å². The number of nitrogens with zero attached hydrogens (tertiary/aromatic N) is 3. The Kier molecular flexibility index (Phi) is 3.39. The highest BCUT2D eigenvalue weighted by molar-refractivity contribution is 5.82. The van der Waals surface area contributed by atoms with Crippen molar-refractivity contribution in [1.82, 2.24) is 14.7 Å². The molecule has 1 N–H and O–H groups in total. The van der Waals surface area contributed by atoms with Gasteiger partial charge >= 0.3 is 0 Å². The van der Waals surface area contributed by atoms with Crippen LogP contribution in [0.3, 0.4) is 0 Å². The number of carbonyl (C=O) groups excluding carboxylic acids is 1. The minimum absolute atomic E-state index is 0.295. The Morgan fingerprint density at radius 1 is 1.33 bits per heavy atom. The molecule has 6 heteroatoms. The molecule has 1 aliphatic heterocycles. The fourth-order valence-corrected chi connectivity index (χ4v) is 2.54. The van der Waals surface area contributed by atoms with Gasteiger partial charge in [-0.15, -0.1) is 0 Å². The predicted octanol–water partition coefficient (Wildman–Crippen LogP) is 1.00. The van der Waals surface area contributed by atoms with Crippen LogP contribution < -0.4 is 4.74 Å². The molecule has 2 heterocycles. The molecule has 0 saturated heterocycles. The molecule has 1 aromatic carbocycles. The summed E-state index contributed by atoms with van der Waals surface area (Å²) >= 11 is 0. The molecule has 3 rings (SSSR count). The molecule has 110 valence electrons. The summed E-state index contributed by atoms with van der Waals surface area (Å²) in [7, 11) is 3.43. The summed E-state index contributed by atoms with van der Waals surface area (Å²) in [6.07, 6.45) is 0.612. The second-order valence-corrected chi connectivity index (χ2v) is 5.11. The summed E-state index contributed by atoms with van der Waals surface area (Å²) in [5.74, 6) is 0.398. The number of aromatic nitrogens is 2. The van der Waals surface area contributed by atoms with Gasteiger partial charge in [0.2, 0.25) is 0 Å². The number of aliphatic hydroxyl groups is 1. The summed E-state index contributed by atoms with van der Waals surface area (Å²) < 4.78 is 6.83. The summed E-state index contributed by atoms with van der Waals surface area (Å²) in [5.41, 5.74) is 2.62. The molecule has 1 amide bonds. The van der Waals surface area contributed by atoms with Crippen LogP contribution >= 0.6 is 0 Å². The number of aryl methyl sites for hydroxylation is 1. The van der Waals surface area contributed by atoms with Crippen molar-refractivity contribution in [3.63, 3.8) is 0 Å². The van der Waals surface area contributed by atoms with E-state index in [9.17, 15) is 9.90 Å². The molecule has 1 unspecified atom stereocenters. The van der Waals surface area contributed by atoms with Crippen LogP contribution in [0.1, 0.15) is 22.9 Å². The number of methoxy groups -OCH3 is 1. The molecule has 21 heavy (non-hydrogen) atoms. The number of hydrogen-bond donors (Lipinski definition) is 1. The van der Waals surface area contributed by atoms with Crippen LogP contribution in [0.2, 0.25) is 0 Å². The first kappa shape index (κ1) is 13.6. The van der Waals surface area contributed by atoms with Gasteiger partial charge in [0.25, 0.3) is 5.91 Å². The average molecular weight is 287 g/mol. The highest BCUT2D eigenvalue weighted by Crippen LogP contribution is 2.26. The van der Waals surface area contributed by atoms with Crippen molar-refractivity contribution < 1.29 is 14.6 Å². The Morgan fingerprint density at radius 2 is 2.05 bits per heavy atom. The van der Waals surface area contributed by atoms with Crippen molar-refractivity contribution in [2.45, 2.75) is 19.2 Å². The van der Waals surface area contributed by atoms with Crippen LogP contribution in [-0.4, -0.2) is 32.8 Å². The van der Waals surface area contributed by atoms with Gasteiger partial charge in [0.15, 0.2) is 6.10 Å². The Hall–Kier alpha value is -2.34. The monoisotopic (exact) mass is 287 g/mol. The van der Waals surface area contributed by atoms with Crippen LogP contribution in [0.5, 0.6) is 5.75 Å². The van der Waals surface area contributed by atoms with Crippen molar-refractivity contribution in [3.05, 3.63) is 47.3 Å². The third kappa shape index (κ3) is 2.38. The van der Waals surface area contributed by atoms with E-state index in [1.807, 2.05) is 7.05 Å². The highest BCUT2D eigenvalue weighted by Gasteiger charge is 2.30. The molecule has 0 aliphatic carbocycles. The maximum atomic E-state index is 12.4. The maximum Gasteiger partial charge on any atom is 0.256 e. The zero-order valence-corrected chi connectivity index (χ0v) is 12.0. The molecule has 1 atom stereocenters. The van der Waals surface area contributed by atoms with E-state index < -0.39 is 6.10 Å². The molecule has 0 bridgehead atoms. The molecule has 0 radical (unpaired) electrons. The van der Waals surface area contributed by atoms with Gasteiger partial charge in [-0.2, -0.15) is 5.10 Å². The fraction of sp³-hybridized carbons (Fsp3) is 0.333. The van der Waals surface area contributed by atoms with E-state index in [2.05, 4.69) is 5.10 Å². The smallest absolute Gasteiger partial charge is 0.256 e. The van der Waals surface area contributed by atoms with E-state index in [1.165, 1.54) is 0 Å². The normalized spacial score (nSPS) is 14.9. The molecule has 6 nitrogen and oxygen atoms in total. The molecule has 0 spiro atoms. The molecule has 0 saturated carbocycles. The van der Waals surface area contributed by atoms with Gasteiger partial charge in [0.1, 0.15) is 5.75 Å². The lowest BCUT2D eigenvalue weighted by Crippen LogP contribution is -2.31. The van der Waals surface area contributed by atoms with E-state index in [1.54, 1.807) is 47.2 Å². The zero-order chi connectivity index (χ0) is 15.0.